The number of anilines is 1. The molecule has 1 aromatic carbocycles. The second kappa shape index (κ2) is 5.56. The van der Waals surface area contributed by atoms with Crippen LogP contribution >= 0.6 is 0 Å². The van der Waals surface area contributed by atoms with Gasteiger partial charge in [0.25, 0.3) is 0 Å². The largest absolute Gasteiger partial charge is 0.396 e. The zero-order valence-electron chi connectivity index (χ0n) is 10.8. The molecular formula is C13H14FN3O2S. The lowest BCUT2D eigenvalue weighted by Crippen LogP contribution is -2.26. The van der Waals surface area contributed by atoms with Gasteiger partial charge in [-0.2, -0.15) is 4.31 Å². The van der Waals surface area contributed by atoms with Crippen LogP contribution in [0.5, 0.6) is 0 Å². The van der Waals surface area contributed by atoms with Crippen molar-refractivity contribution < 1.29 is 12.8 Å². The predicted molar refractivity (Wildman–Crippen MR) is 73.7 cm³/mol. The van der Waals surface area contributed by atoms with E-state index in [-0.39, 0.29) is 17.1 Å². The third-order valence-corrected chi connectivity index (χ3v) is 4.63. The number of halogens is 1. The maximum absolute atomic E-state index is 13.1. The number of hydrogen-bond acceptors (Lipinski definition) is 4. The van der Waals surface area contributed by atoms with Gasteiger partial charge in [0.15, 0.2) is 0 Å². The number of nitrogens with two attached hydrogens (primary N) is 1. The summed E-state index contributed by atoms with van der Waals surface area (Å²) in [5, 5.41) is 0. The second-order valence-corrected chi connectivity index (χ2v) is 6.34. The van der Waals surface area contributed by atoms with E-state index in [0.717, 1.165) is 17.7 Å². The van der Waals surface area contributed by atoms with Gasteiger partial charge < -0.3 is 5.73 Å². The standard InChI is InChI=1S/C13H14FN3O2S/c1-17(9-10-4-6-16-7-5-10)20(18,19)11-2-3-12(14)13(15)8-11/h2-8H,9,15H2,1H3. The van der Waals surface area contributed by atoms with E-state index in [4.69, 9.17) is 5.73 Å². The minimum Gasteiger partial charge on any atom is -0.396 e. The number of pyridine rings is 1. The number of nitrogen functional groups attached to an aromatic ring is 1. The summed E-state index contributed by atoms with van der Waals surface area (Å²) in [4.78, 5) is 3.83. The van der Waals surface area contributed by atoms with Gasteiger partial charge in [-0.05, 0) is 35.9 Å². The smallest absolute Gasteiger partial charge is 0.243 e. The summed E-state index contributed by atoms with van der Waals surface area (Å²) in [5.41, 5.74) is 6.02. The Labute approximate surface area is 116 Å². The van der Waals surface area contributed by atoms with Crippen LogP contribution in [-0.2, 0) is 16.6 Å². The van der Waals surface area contributed by atoms with Crippen molar-refractivity contribution in [2.45, 2.75) is 11.4 Å². The van der Waals surface area contributed by atoms with E-state index < -0.39 is 15.8 Å². The molecule has 0 aliphatic rings. The Hall–Kier alpha value is -1.99. The topological polar surface area (TPSA) is 76.3 Å². The van der Waals surface area contributed by atoms with E-state index in [2.05, 4.69) is 4.98 Å². The Morgan fingerprint density at radius 1 is 1.25 bits per heavy atom. The van der Waals surface area contributed by atoms with E-state index in [1.54, 1.807) is 24.5 Å². The Bertz CT molecular complexity index is 705. The van der Waals surface area contributed by atoms with Crippen molar-refractivity contribution in [3.63, 3.8) is 0 Å². The first-order valence-electron chi connectivity index (χ1n) is 5.81. The Balaban J connectivity index is 2.27. The van der Waals surface area contributed by atoms with E-state index in [1.165, 1.54) is 17.4 Å². The molecule has 1 aromatic heterocycles. The number of hydrogen-bond donors (Lipinski definition) is 1. The predicted octanol–water partition coefficient (Wildman–Crippen LogP) is 1.62. The van der Waals surface area contributed by atoms with Crippen molar-refractivity contribution in [2.75, 3.05) is 12.8 Å². The lowest BCUT2D eigenvalue weighted by Gasteiger charge is -2.17. The van der Waals surface area contributed by atoms with Gasteiger partial charge in [0.1, 0.15) is 5.82 Å². The highest BCUT2D eigenvalue weighted by atomic mass is 32.2. The molecule has 1 heterocycles. The van der Waals surface area contributed by atoms with Crippen LogP contribution in [0.2, 0.25) is 0 Å². The summed E-state index contributed by atoms with van der Waals surface area (Å²) >= 11 is 0. The molecule has 20 heavy (non-hydrogen) atoms. The summed E-state index contributed by atoms with van der Waals surface area (Å²) in [6, 6.07) is 6.82. The molecule has 0 spiro atoms. The highest BCUT2D eigenvalue weighted by molar-refractivity contribution is 7.89. The zero-order chi connectivity index (χ0) is 14.8. The first-order chi connectivity index (χ1) is 9.41. The van der Waals surface area contributed by atoms with Gasteiger partial charge in [-0.25, -0.2) is 12.8 Å². The first kappa shape index (κ1) is 14.4. The van der Waals surface area contributed by atoms with Crippen molar-refractivity contribution in [3.05, 3.63) is 54.1 Å². The normalized spacial score (nSPS) is 11.8. The molecule has 7 heteroatoms. The number of sulfonamides is 1. The Kier molecular flexibility index (Phi) is 4.01. The van der Waals surface area contributed by atoms with E-state index in [1.807, 2.05) is 0 Å². The van der Waals surface area contributed by atoms with Crippen LogP contribution in [0.3, 0.4) is 0 Å². The van der Waals surface area contributed by atoms with Crippen LogP contribution in [-0.4, -0.2) is 24.8 Å². The maximum Gasteiger partial charge on any atom is 0.243 e. The SMILES string of the molecule is CN(Cc1ccncc1)S(=O)(=O)c1ccc(F)c(N)c1. The molecule has 2 rings (SSSR count). The number of rotatable bonds is 4. The van der Waals surface area contributed by atoms with E-state index >= 15 is 0 Å². The highest BCUT2D eigenvalue weighted by Gasteiger charge is 2.21. The molecule has 0 saturated heterocycles. The third kappa shape index (κ3) is 2.94. The monoisotopic (exact) mass is 295 g/mol. The number of nitrogens with zero attached hydrogens (tertiary/aromatic N) is 2. The molecule has 0 fully saturated rings. The van der Waals surface area contributed by atoms with Crippen LogP contribution in [0, 0.1) is 5.82 Å². The average Bonchev–Trinajstić information content (AvgIpc) is 2.42. The maximum atomic E-state index is 13.1. The summed E-state index contributed by atoms with van der Waals surface area (Å²) in [6.45, 7) is 0.197. The molecule has 2 N–H and O–H groups in total. The highest BCUT2D eigenvalue weighted by Crippen LogP contribution is 2.20. The van der Waals surface area contributed by atoms with Crippen molar-refractivity contribution in [1.82, 2.24) is 9.29 Å². The fraction of sp³-hybridized carbons (Fsp3) is 0.154. The third-order valence-electron chi connectivity index (χ3n) is 2.83. The molecular weight excluding hydrogens is 281 g/mol. The molecule has 0 amide bonds. The van der Waals surface area contributed by atoms with Crippen molar-refractivity contribution in [2.24, 2.45) is 0 Å². The number of aromatic nitrogens is 1. The Morgan fingerprint density at radius 3 is 2.50 bits per heavy atom. The van der Waals surface area contributed by atoms with E-state index in [0.29, 0.717) is 0 Å². The van der Waals surface area contributed by atoms with Crippen molar-refractivity contribution in [1.29, 1.82) is 0 Å². The average molecular weight is 295 g/mol. The molecule has 0 atom stereocenters. The summed E-state index contributed by atoms with van der Waals surface area (Å²) in [5.74, 6) is -0.638. The molecule has 0 unspecified atom stereocenters. The molecule has 0 radical (unpaired) electrons. The van der Waals surface area contributed by atoms with Gasteiger partial charge in [0.2, 0.25) is 10.0 Å². The molecule has 0 aliphatic carbocycles. The summed E-state index contributed by atoms with van der Waals surface area (Å²) in [7, 11) is -2.26. The van der Waals surface area contributed by atoms with Gasteiger partial charge >= 0.3 is 0 Å². The molecule has 106 valence electrons. The second-order valence-electron chi connectivity index (χ2n) is 4.30. The molecule has 0 saturated carbocycles. The van der Waals surface area contributed by atoms with Crippen LogP contribution in [0.1, 0.15) is 5.56 Å². The summed E-state index contributed by atoms with van der Waals surface area (Å²) in [6.07, 6.45) is 3.18. The molecule has 0 aliphatic heterocycles. The minimum absolute atomic E-state index is 0.0343. The minimum atomic E-state index is -3.71. The van der Waals surface area contributed by atoms with Gasteiger partial charge in [-0.15, -0.1) is 0 Å². The van der Waals surface area contributed by atoms with Crippen molar-refractivity contribution >= 4 is 15.7 Å². The lowest BCUT2D eigenvalue weighted by atomic mass is 10.3. The summed E-state index contributed by atoms with van der Waals surface area (Å²) < 4.78 is 38.9. The van der Waals surface area contributed by atoms with Crippen LogP contribution in [0.4, 0.5) is 10.1 Å². The zero-order valence-corrected chi connectivity index (χ0v) is 11.6. The van der Waals surface area contributed by atoms with E-state index in [9.17, 15) is 12.8 Å². The van der Waals surface area contributed by atoms with Crippen LogP contribution < -0.4 is 5.73 Å². The molecule has 2 aromatic rings. The van der Waals surface area contributed by atoms with Crippen LogP contribution in [0.15, 0.2) is 47.6 Å². The van der Waals surface area contributed by atoms with Gasteiger partial charge in [-0.1, -0.05) is 0 Å². The Morgan fingerprint density at radius 2 is 1.90 bits per heavy atom. The fourth-order valence-corrected chi connectivity index (χ4v) is 2.89. The van der Waals surface area contributed by atoms with Gasteiger partial charge in [0.05, 0.1) is 10.6 Å². The lowest BCUT2D eigenvalue weighted by molar-refractivity contribution is 0.466. The molecule has 0 bridgehead atoms. The number of benzene rings is 1. The van der Waals surface area contributed by atoms with Gasteiger partial charge in [0, 0.05) is 26.0 Å². The van der Waals surface area contributed by atoms with Crippen molar-refractivity contribution in [3.8, 4) is 0 Å². The fourth-order valence-electron chi connectivity index (χ4n) is 1.69. The van der Waals surface area contributed by atoms with Gasteiger partial charge in [-0.3, -0.25) is 4.98 Å². The first-order valence-corrected chi connectivity index (χ1v) is 7.25. The molecule has 5 nitrogen and oxygen atoms in total. The van der Waals surface area contributed by atoms with Crippen LogP contribution in [0.25, 0.3) is 0 Å². The quantitative estimate of drug-likeness (QED) is 0.870.